The Hall–Kier alpha value is -3.72. The molecule has 9 heteroatoms. The SMILES string of the molecule is Cc1cccc(NC(=O)CSCC(=O)Nc2cc(F)ccc2NC(=O)c2ccccn2)c1. The molecule has 3 aromatic rings. The zero-order chi connectivity index (χ0) is 22.9. The van der Waals surface area contributed by atoms with Crippen LogP contribution in [0.15, 0.2) is 66.9 Å². The van der Waals surface area contributed by atoms with Crippen molar-refractivity contribution in [1.29, 1.82) is 0 Å². The van der Waals surface area contributed by atoms with Gasteiger partial charge >= 0.3 is 0 Å². The van der Waals surface area contributed by atoms with E-state index in [0.29, 0.717) is 5.69 Å². The summed E-state index contributed by atoms with van der Waals surface area (Å²) in [5, 5.41) is 7.95. The Kier molecular flexibility index (Phi) is 7.93. The van der Waals surface area contributed by atoms with Crippen molar-refractivity contribution in [3.8, 4) is 0 Å². The second-order valence-corrected chi connectivity index (χ2v) is 7.80. The molecule has 0 bridgehead atoms. The van der Waals surface area contributed by atoms with Crippen molar-refractivity contribution in [2.45, 2.75) is 6.92 Å². The van der Waals surface area contributed by atoms with Gasteiger partial charge < -0.3 is 16.0 Å². The van der Waals surface area contributed by atoms with Crippen molar-refractivity contribution in [3.05, 3.63) is 83.9 Å². The number of hydrogen-bond acceptors (Lipinski definition) is 5. The molecule has 164 valence electrons. The third kappa shape index (κ3) is 6.92. The summed E-state index contributed by atoms with van der Waals surface area (Å²) >= 11 is 1.12. The van der Waals surface area contributed by atoms with Crippen LogP contribution in [0.5, 0.6) is 0 Å². The van der Waals surface area contributed by atoms with Gasteiger partial charge in [-0.15, -0.1) is 11.8 Å². The number of carbonyl (C=O) groups is 3. The maximum absolute atomic E-state index is 13.7. The molecule has 3 rings (SSSR count). The minimum atomic E-state index is -0.568. The van der Waals surface area contributed by atoms with Crippen LogP contribution in [0.1, 0.15) is 16.1 Å². The van der Waals surface area contributed by atoms with Crippen molar-refractivity contribution in [1.82, 2.24) is 4.98 Å². The van der Waals surface area contributed by atoms with Crippen LogP contribution < -0.4 is 16.0 Å². The topological polar surface area (TPSA) is 100 Å². The molecule has 32 heavy (non-hydrogen) atoms. The molecule has 3 N–H and O–H groups in total. The molecule has 0 radical (unpaired) electrons. The first kappa shape index (κ1) is 23.0. The van der Waals surface area contributed by atoms with E-state index in [1.54, 1.807) is 18.2 Å². The number of pyridine rings is 1. The summed E-state index contributed by atoms with van der Waals surface area (Å²) in [6.45, 7) is 1.92. The van der Waals surface area contributed by atoms with Gasteiger partial charge in [0.05, 0.1) is 22.9 Å². The first-order valence-corrected chi connectivity index (χ1v) is 10.8. The van der Waals surface area contributed by atoms with E-state index >= 15 is 0 Å². The van der Waals surface area contributed by atoms with E-state index in [2.05, 4.69) is 20.9 Å². The number of aryl methyl sites for hydroxylation is 1. The van der Waals surface area contributed by atoms with Crippen molar-refractivity contribution >= 4 is 46.5 Å². The molecule has 0 aliphatic heterocycles. The number of nitrogens with zero attached hydrogens (tertiary/aromatic N) is 1. The zero-order valence-corrected chi connectivity index (χ0v) is 18.0. The number of carbonyl (C=O) groups excluding carboxylic acids is 3. The Labute approximate surface area is 188 Å². The zero-order valence-electron chi connectivity index (χ0n) is 17.2. The average molecular weight is 453 g/mol. The van der Waals surface area contributed by atoms with Crippen LogP contribution in [-0.4, -0.2) is 34.2 Å². The minimum absolute atomic E-state index is 0.0224. The Morgan fingerprint density at radius 3 is 2.38 bits per heavy atom. The second kappa shape index (κ2) is 11.1. The lowest BCUT2D eigenvalue weighted by Gasteiger charge is -2.12. The number of halogens is 1. The fraction of sp³-hybridized carbons (Fsp3) is 0.130. The van der Waals surface area contributed by atoms with Crippen molar-refractivity contribution in [2.75, 3.05) is 27.5 Å². The summed E-state index contributed by atoms with van der Waals surface area (Å²) in [4.78, 5) is 40.6. The lowest BCUT2D eigenvalue weighted by Crippen LogP contribution is -2.20. The maximum atomic E-state index is 13.7. The Balaban J connectivity index is 1.53. The molecule has 0 unspecified atom stereocenters. The Morgan fingerprint density at radius 2 is 1.66 bits per heavy atom. The molecule has 0 aliphatic carbocycles. The highest BCUT2D eigenvalue weighted by molar-refractivity contribution is 8.00. The highest BCUT2D eigenvalue weighted by Gasteiger charge is 2.13. The first-order chi connectivity index (χ1) is 15.4. The Bertz CT molecular complexity index is 1130. The van der Waals surface area contributed by atoms with E-state index in [4.69, 9.17) is 0 Å². The summed E-state index contributed by atoms with van der Waals surface area (Å²) < 4.78 is 13.7. The molecule has 3 amide bonds. The molecule has 0 fully saturated rings. The fourth-order valence-electron chi connectivity index (χ4n) is 2.75. The predicted molar refractivity (Wildman–Crippen MR) is 124 cm³/mol. The van der Waals surface area contributed by atoms with Crippen LogP contribution in [0.25, 0.3) is 0 Å². The van der Waals surface area contributed by atoms with Crippen LogP contribution in [0.2, 0.25) is 0 Å². The minimum Gasteiger partial charge on any atom is -0.325 e. The van der Waals surface area contributed by atoms with Gasteiger partial charge in [-0.3, -0.25) is 19.4 Å². The quantitative estimate of drug-likeness (QED) is 0.478. The van der Waals surface area contributed by atoms with Crippen LogP contribution >= 0.6 is 11.8 Å². The van der Waals surface area contributed by atoms with Crippen molar-refractivity contribution in [2.24, 2.45) is 0 Å². The maximum Gasteiger partial charge on any atom is 0.274 e. The number of thioether (sulfide) groups is 1. The van der Waals surface area contributed by atoms with Gasteiger partial charge in [0, 0.05) is 11.9 Å². The average Bonchev–Trinajstić information content (AvgIpc) is 2.76. The lowest BCUT2D eigenvalue weighted by atomic mass is 10.2. The van der Waals surface area contributed by atoms with Gasteiger partial charge in [-0.25, -0.2) is 4.39 Å². The van der Waals surface area contributed by atoms with Crippen molar-refractivity contribution in [3.63, 3.8) is 0 Å². The molecule has 0 atom stereocenters. The van der Waals surface area contributed by atoms with Gasteiger partial charge in [-0.2, -0.15) is 0 Å². The summed E-state index contributed by atoms with van der Waals surface area (Å²) in [6, 6.07) is 15.9. The molecule has 0 spiro atoms. The van der Waals surface area contributed by atoms with Gasteiger partial charge in [0.25, 0.3) is 5.91 Å². The molecule has 0 aliphatic rings. The van der Waals surface area contributed by atoms with Crippen molar-refractivity contribution < 1.29 is 18.8 Å². The normalized spacial score (nSPS) is 10.3. The predicted octanol–water partition coefficient (Wildman–Crippen LogP) is 4.09. The number of rotatable bonds is 8. The molecule has 1 aromatic heterocycles. The lowest BCUT2D eigenvalue weighted by molar-refractivity contribution is -0.114. The third-order valence-corrected chi connectivity index (χ3v) is 5.10. The van der Waals surface area contributed by atoms with E-state index in [9.17, 15) is 18.8 Å². The first-order valence-electron chi connectivity index (χ1n) is 9.67. The summed E-state index contributed by atoms with van der Waals surface area (Å²) in [7, 11) is 0. The third-order valence-electron chi connectivity index (χ3n) is 4.17. The van der Waals surface area contributed by atoms with E-state index < -0.39 is 17.6 Å². The second-order valence-electron chi connectivity index (χ2n) is 6.82. The highest BCUT2D eigenvalue weighted by Crippen LogP contribution is 2.24. The van der Waals surface area contributed by atoms with Crippen LogP contribution in [0.4, 0.5) is 21.5 Å². The monoisotopic (exact) mass is 452 g/mol. The van der Waals surface area contributed by atoms with Crippen LogP contribution in [-0.2, 0) is 9.59 Å². The smallest absolute Gasteiger partial charge is 0.274 e. The van der Waals surface area contributed by atoms with E-state index in [1.165, 1.54) is 24.4 Å². The van der Waals surface area contributed by atoms with E-state index in [0.717, 1.165) is 23.4 Å². The summed E-state index contributed by atoms with van der Waals surface area (Å²) in [5.74, 6) is -1.67. The molecule has 7 nitrogen and oxygen atoms in total. The summed E-state index contributed by atoms with van der Waals surface area (Å²) in [5.41, 5.74) is 2.25. The molecule has 0 saturated carbocycles. The highest BCUT2D eigenvalue weighted by atomic mass is 32.2. The van der Waals surface area contributed by atoms with Gasteiger partial charge in [0.15, 0.2) is 0 Å². The molecular formula is C23H21FN4O3S. The summed E-state index contributed by atoms with van der Waals surface area (Å²) in [6.07, 6.45) is 1.48. The van der Waals surface area contributed by atoms with Crippen LogP contribution in [0.3, 0.4) is 0 Å². The molecule has 1 heterocycles. The van der Waals surface area contributed by atoms with E-state index in [-0.39, 0.29) is 34.5 Å². The van der Waals surface area contributed by atoms with Gasteiger partial charge in [-0.05, 0) is 55.0 Å². The standard InChI is InChI=1S/C23H21FN4O3S/c1-15-5-4-6-17(11-15)26-21(29)13-32-14-22(30)27-20-12-16(24)8-9-18(20)28-23(31)19-7-2-3-10-25-19/h2-12H,13-14H2,1H3,(H,26,29)(H,27,30)(H,28,31). The number of amides is 3. The van der Waals surface area contributed by atoms with Gasteiger partial charge in [-0.1, -0.05) is 18.2 Å². The Morgan fingerprint density at radius 1 is 0.875 bits per heavy atom. The number of aromatic nitrogens is 1. The number of nitrogens with one attached hydrogen (secondary N) is 3. The van der Waals surface area contributed by atoms with Gasteiger partial charge in [0.2, 0.25) is 11.8 Å². The molecular weight excluding hydrogens is 431 g/mol. The number of benzene rings is 2. The number of hydrogen-bond donors (Lipinski definition) is 3. The largest absolute Gasteiger partial charge is 0.325 e. The molecule has 0 saturated heterocycles. The molecule has 2 aromatic carbocycles. The van der Waals surface area contributed by atoms with Gasteiger partial charge in [0.1, 0.15) is 11.5 Å². The fourth-order valence-corrected chi connectivity index (χ4v) is 3.37. The van der Waals surface area contributed by atoms with Crippen LogP contribution in [0, 0.1) is 12.7 Å². The number of anilines is 3. The van der Waals surface area contributed by atoms with E-state index in [1.807, 2.05) is 25.1 Å².